The molecule has 12 aromatic rings. The van der Waals surface area contributed by atoms with Gasteiger partial charge in [0.15, 0.2) is 0 Å². The summed E-state index contributed by atoms with van der Waals surface area (Å²) in [7, 11) is 0. The highest BCUT2D eigenvalue weighted by atomic mass is 15.2. The van der Waals surface area contributed by atoms with Crippen molar-refractivity contribution in [3.05, 3.63) is 260 Å². The van der Waals surface area contributed by atoms with Crippen molar-refractivity contribution in [3.63, 3.8) is 0 Å². The van der Waals surface area contributed by atoms with Gasteiger partial charge in [-0.25, -0.2) is 0 Å². The van der Waals surface area contributed by atoms with Crippen molar-refractivity contribution in [3.8, 4) is 27.9 Å². The van der Waals surface area contributed by atoms with Crippen LogP contribution in [0.2, 0.25) is 0 Å². The molecule has 68 heavy (non-hydrogen) atoms. The molecule has 11 aromatic carbocycles. The van der Waals surface area contributed by atoms with Gasteiger partial charge in [0.05, 0.1) is 27.9 Å². The lowest BCUT2D eigenvalue weighted by molar-refractivity contribution is 0.660. The molecule has 0 spiro atoms. The fourth-order valence-corrected chi connectivity index (χ4v) is 10.8. The summed E-state index contributed by atoms with van der Waals surface area (Å²) in [4.78, 5) is 4.22. The summed E-state index contributed by atoms with van der Waals surface area (Å²) in [5.74, 6) is 0. The van der Waals surface area contributed by atoms with Gasteiger partial charge < -0.3 is 14.4 Å². The number of benzene rings is 11. The molecule has 0 amide bonds. The molecule has 0 aliphatic heterocycles. The molecule has 0 unspecified atom stereocenters. The highest BCUT2D eigenvalue weighted by molar-refractivity contribution is 6.12. The average Bonchev–Trinajstić information content (AvgIpc) is 3.87. The molecule has 1 aliphatic carbocycles. The van der Waals surface area contributed by atoms with E-state index in [1.165, 1.54) is 22.3 Å². The summed E-state index contributed by atoms with van der Waals surface area (Å²) < 4.78 is 41.5. The van der Waals surface area contributed by atoms with Crippen molar-refractivity contribution < 1.29 is 5.48 Å². The Bertz CT molecular complexity index is 4110. The second-order valence-corrected chi connectivity index (χ2v) is 18.2. The van der Waals surface area contributed by atoms with Gasteiger partial charge >= 0.3 is 0 Å². The Kier molecular flexibility index (Phi) is 8.24. The van der Waals surface area contributed by atoms with Gasteiger partial charge in [-0.1, -0.05) is 178 Å². The van der Waals surface area contributed by atoms with Crippen LogP contribution in [-0.2, 0) is 5.41 Å². The predicted octanol–water partition coefficient (Wildman–Crippen LogP) is 18.0. The van der Waals surface area contributed by atoms with E-state index in [9.17, 15) is 5.48 Å². The van der Waals surface area contributed by atoms with Crippen LogP contribution in [0.4, 0.5) is 34.1 Å². The molecule has 3 nitrogen and oxygen atoms in total. The number of rotatable bonds is 8. The van der Waals surface area contributed by atoms with E-state index >= 15 is 0 Å². The van der Waals surface area contributed by atoms with Crippen LogP contribution in [0.5, 0.6) is 0 Å². The number of aromatic nitrogens is 1. The van der Waals surface area contributed by atoms with E-state index in [4.69, 9.17) is 0 Å². The second-order valence-electron chi connectivity index (χ2n) is 18.2. The van der Waals surface area contributed by atoms with Gasteiger partial charge in [-0.3, -0.25) is 0 Å². The molecule has 0 radical (unpaired) electrons. The Hall–Kier alpha value is -8.66. The third-order valence-corrected chi connectivity index (χ3v) is 14.0. The minimum absolute atomic E-state index is 0.109. The molecule has 0 N–H and O–H groups in total. The highest BCUT2D eigenvalue weighted by Gasteiger charge is 2.36. The van der Waals surface area contributed by atoms with E-state index in [2.05, 4.69) is 151 Å². The first-order valence-corrected chi connectivity index (χ1v) is 23.3. The smallest absolute Gasteiger partial charge is 0.0645 e. The zero-order valence-corrected chi connectivity index (χ0v) is 37.7. The van der Waals surface area contributed by atoms with E-state index in [0.29, 0.717) is 5.56 Å². The number of hydrogen-bond donors (Lipinski definition) is 0. The van der Waals surface area contributed by atoms with E-state index in [-0.39, 0.29) is 40.8 Å². The van der Waals surface area contributed by atoms with Gasteiger partial charge in [-0.05, 0) is 129 Å². The Balaban J connectivity index is 1.02. The fraction of sp³-hybridized carbons (Fsp3) is 0.0462. The molecular formula is C65H47N3. The number of fused-ring (bicyclic) bond motifs is 8. The molecule has 0 saturated heterocycles. The van der Waals surface area contributed by atoms with E-state index < -0.39 is 0 Å². The molecule has 3 heteroatoms. The SMILES string of the molecule is [2H]c1c([2H])c(N(c2ccccc2)c2cccc3ccccc23)c([2H])c([2H])c1-c1cccc2c(N(c3ccc4c(c3)C(C)(C)c3ccccc3-4)c3ccc4c(c3)c3ccccc3n4-c3ccccc3)cccc12. The molecule has 0 bridgehead atoms. The monoisotopic (exact) mass is 873 g/mol. The van der Waals surface area contributed by atoms with E-state index in [0.717, 1.165) is 77.5 Å². The van der Waals surface area contributed by atoms with Crippen LogP contribution in [0.25, 0.3) is 71.3 Å². The highest BCUT2D eigenvalue weighted by Crippen LogP contribution is 2.52. The zero-order valence-electron chi connectivity index (χ0n) is 41.7. The molecule has 0 atom stereocenters. The standard InChI is InChI=1S/C65H47N3/c1-65(2)59-30-13-11-25-54(59)55-40-38-50(43-60(55)65)67(49-39-41-64-58(42-49)57-26-12-14-31-63(57)68(64)47-22-7-4-8-23-47)62-33-17-28-53-51(27-16-29-56(53)62)45-34-36-48(37-35-45)66(46-20-5-3-6-21-46)61-32-15-19-44-18-9-10-24-52(44)61/h3-43H,1-2H3/i34D,35D,36D,37D. The van der Waals surface area contributed by atoms with Crippen LogP contribution in [0, 0.1) is 0 Å². The first-order valence-electron chi connectivity index (χ1n) is 25.3. The molecule has 0 fully saturated rings. The summed E-state index contributed by atoms with van der Waals surface area (Å²) >= 11 is 0. The van der Waals surface area contributed by atoms with Crippen molar-refractivity contribution in [2.24, 2.45) is 0 Å². The largest absolute Gasteiger partial charge is 0.310 e. The molecule has 1 aliphatic rings. The van der Waals surface area contributed by atoms with Gasteiger partial charge in [-0.15, -0.1) is 0 Å². The summed E-state index contributed by atoms with van der Waals surface area (Å²) in [5.41, 5.74) is 13.6. The number of para-hydroxylation sites is 3. The minimum Gasteiger partial charge on any atom is -0.310 e. The fourth-order valence-electron chi connectivity index (χ4n) is 10.8. The average molecular weight is 874 g/mol. The minimum atomic E-state index is -0.237. The Labute approximate surface area is 402 Å². The van der Waals surface area contributed by atoms with Gasteiger partial charge in [-0.2, -0.15) is 0 Å². The molecule has 0 saturated carbocycles. The van der Waals surface area contributed by atoms with Gasteiger partial charge in [0.1, 0.15) is 0 Å². The summed E-state index contributed by atoms with van der Waals surface area (Å²) in [6.45, 7) is 4.62. The van der Waals surface area contributed by atoms with Crippen LogP contribution in [-0.4, -0.2) is 4.57 Å². The quantitative estimate of drug-likeness (QED) is 0.151. The molecule has 13 rings (SSSR count). The third-order valence-electron chi connectivity index (χ3n) is 14.0. The third kappa shape index (κ3) is 6.27. The second kappa shape index (κ2) is 15.8. The maximum Gasteiger partial charge on any atom is 0.0645 e. The van der Waals surface area contributed by atoms with Crippen molar-refractivity contribution in [1.29, 1.82) is 0 Å². The number of anilines is 6. The molecular weight excluding hydrogens is 823 g/mol. The van der Waals surface area contributed by atoms with Crippen LogP contribution in [0.1, 0.15) is 30.5 Å². The first-order chi connectivity index (χ1) is 35.2. The molecule has 1 aromatic heterocycles. The Morgan fingerprint density at radius 3 is 1.76 bits per heavy atom. The van der Waals surface area contributed by atoms with Gasteiger partial charge in [0.25, 0.3) is 0 Å². The lowest BCUT2D eigenvalue weighted by atomic mass is 9.82. The summed E-state index contributed by atoms with van der Waals surface area (Å²) in [6, 6.07) is 77.0. The zero-order chi connectivity index (χ0) is 48.8. The van der Waals surface area contributed by atoms with E-state index in [1.54, 1.807) is 0 Å². The van der Waals surface area contributed by atoms with Crippen molar-refractivity contribution in [2.45, 2.75) is 19.3 Å². The topological polar surface area (TPSA) is 11.4 Å². The van der Waals surface area contributed by atoms with Crippen LogP contribution in [0.3, 0.4) is 0 Å². The predicted molar refractivity (Wildman–Crippen MR) is 288 cm³/mol. The first kappa shape index (κ1) is 35.6. The van der Waals surface area contributed by atoms with Gasteiger partial charge in [0, 0.05) is 55.4 Å². The normalized spacial score (nSPS) is 13.5. The van der Waals surface area contributed by atoms with Gasteiger partial charge in [0.2, 0.25) is 0 Å². The van der Waals surface area contributed by atoms with Crippen molar-refractivity contribution in [1.82, 2.24) is 4.57 Å². The molecule has 1 heterocycles. The Morgan fingerprint density at radius 2 is 0.926 bits per heavy atom. The van der Waals surface area contributed by atoms with Crippen molar-refractivity contribution in [2.75, 3.05) is 9.80 Å². The number of nitrogens with zero attached hydrogens (tertiary/aromatic N) is 3. The van der Waals surface area contributed by atoms with E-state index in [1.807, 2.05) is 102 Å². The lowest BCUT2D eigenvalue weighted by Gasteiger charge is -2.29. The van der Waals surface area contributed by atoms with Crippen molar-refractivity contribution >= 4 is 77.5 Å². The van der Waals surface area contributed by atoms with Crippen LogP contribution < -0.4 is 9.80 Å². The number of hydrogen-bond acceptors (Lipinski definition) is 2. The molecule has 322 valence electrons. The lowest BCUT2D eigenvalue weighted by Crippen LogP contribution is -2.16. The van der Waals surface area contributed by atoms with Crippen LogP contribution in [0.15, 0.2) is 249 Å². The summed E-state index contributed by atoms with van der Waals surface area (Å²) in [5, 5.41) is 5.96. The summed E-state index contributed by atoms with van der Waals surface area (Å²) in [6.07, 6.45) is 0. The van der Waals surface area contributed by atoms with Crippen LogP contribution >= 0.6 is 0 Å². The maximum atomic E-state index is 9.82. The Morgan fingerprint density at radius 1 is 0.368 bits per heavy atom. The maximum absolute atomic E-state index is 9.82.